The number of hydrogen-bond acceptors (Lipinski definition) is 6. The van der Waals surface area contributed by atoms with Gasteiger partial charge in [0.15, 0.2) is 0 Å². The van der Waals surface area contributed by atoms with Gasteiger partial charge in [-0.2, -0.15) is 0 Å². The van der Waals surface area contributed by atoms with Crippen molar-refractivity contribution in [2.75, 3.05) is 18.3 Å². The fourth-order valence-electron chi connectivity index (χ4n) is 0.988. The average molecular weight is 227 g/mol. The summed E-state index contributed by atoms with van der Waals surface area (Å²) in [6.45, 7) is 0. The van der Waals surface area contributed by atoms with Gasteiger partial charge < -0.3 is 10.2 Å². The van der Waals surface area contributed by atoms with Gasteiger partial charge in [-0.3, -0.25) is 4.79 Å². The number of hydrazine groups is 1. The predicted octanol–water partition coefficient (Wildman–Crippen LogP) is 0.773. The number of thioether (sulfide) groups is 1. The summed E-state index contributed by atoms with van der Waals surface area (Å²) < 4.78 is 4.53. The minimum Gasteiger partial charge on any atom is -0.468 e. The number of ether oxygens (including phenoxy) is 1. The van der Waals surface area contributed by atoms with Crippen molar-refractivity contribution in [2.45, 2.75) is 5.75 Å². The molecule has 1 aromatic heterocycles. The van der Waals surface area contributed by atoms with E-state index in [-0.39, 0.29) is 5.97 Å². The van der Waals surface area contributed by atoms with E-state index in [2.05, 4.69) is 15.1 Å². The first-order valence-electron chi connectivity index (χ1n) is 4.33. The van der Waals surface area contributed by atoms with Crippen molar-refractivity contribution in [3.05, 3.63) is 23.9 Å². The van der Waals surface area contributed by atoms with Crippen LogP contribution in [0.5, 0.6) is 0 Å². The standard InChI is InChI=1S/C9H13N3O2S/c1-14-8(13)6-15-5-7-3-2-4-11-9(7)12-10/h2-4H,5-6,10H2,1H3,(H,11,12). The second-order valence-corrected chi connectivity index (χ2v) is 3.71. The lowest BCUT2D eigenvalue weighted by atomic mass is 10.3. The SMILES string of the molecule is COC(=O)CSCc1cccnc1NN. The molecule has 1 aromatic rings. The molecule has 0 amide bonds. The molecular weight excluding hydrogens is 214 g/mol. The van der Waals surface area contributed by atoms with Crippen LogP contribution in [-0.2, 0) is 15.3 Å². The fraction of sp³-hybridized carbons (Fsp3) is 0.333. The number of methoxy groups -OCH3 is 1. The molecule has 0 radical (unpaired) electrons. The van der Waals surface area contributed by atoms with Crippen LogP contribution in [-0.4, -0.2) is 23.8 Å². The molecule has 0 aliphatic carbocycles. The zero-order valence-electron chi connectivity index (χ0n) is 8.40. The maximum Gasteiger partial charge on any atom is 0.315 e. The number of anilines is 1. The van der Waals surface area contributed by atoms with Gasteiger partial charge in [-0.1, -0.05) is 6.07 Å². The molecule has 0 spiro atoms. The monoisotopic (exact) mass is 227 g/mol. The van der Waals surface area contributed by atoms with Crippen molar-refractivity contribution >= 4 is 23.5 Å². The maximum atomic E-state index is 10.9. The molecule has 0 saturated heterocycles. The summed E-state index contributed by atoms with van der Waals surface area (Å²) in [6, 6.07) is 3.74. The van der Waals surface area contributed by atoms with Gasteiger partial charge >= 0.3 is 5.97 Å². The molecule has 1 heterocycles. The first-order valence-corrected chi connectivity index (χ1v) is 5.48. The third-order valence-electron chi connectivity index (χ3n) is 1.73. The van der Waals surface area contributed by atoms with Crippen molar-refractivity contribution in [1.29, 1.82) is 0 Å². The van der Waals surface area contributed by atoms with Gasteiger partial charge in [0.05, 0.1) is 12.9 Å². The Labute approximate surface area is 92.4 Å². The highest BCUT2D eigenvalue weighted by Crippen LogP contribution is 2.17. The number of nitrogens with two attached hydrogens (primary N) is 1. The summed E-state index contributed by atoms with van der Waals surface area (Å²) >= 11 is 1.46. The van der Waals surface area contributed by atoms with Crippen LogP contribution in [0.2, 0.25) is 0 Å². The summed E-state index contributed by atoms with van der Waals surface area (Å²) in [6.07, 6.45) is 1.66. The van der Waals surface area contributed by atoms with Gasteiger partial charge in [0, 0.05) is 17.5 Å². The third kappa shape index (κ3) is 3.77. The lowest BCUT2D eigenvalue weighted by molar-refractivity contribution is -0.137. The van der Waals surface area contributed by atoms with Crippen molar-refractivity contribution in [3.8, 4) is 0 Å². The lowest BCUT2D eigenvalue weighted by Gasteiger charge is -2.06. The number of carbonyl (C=O) groups is 1. The Morgan fingerprint density at radius 2 is 2.53 bits per heavy atom. The number of nitrogens with zero attached hydrogens (tertiary/aromatic N) is 1. The number of rotatable bonds is 5. The van der Waals surface area contributed by atoms with Crippen LogP contribution < -0.4 is 11.3 Å². The molecule has 5 nitrogen and oxygen atoms in total. The second-order valence-electron chi connectivity index (χ2n) is 2.72. The van der Waals surface area contributed by atoms with E-state index in [9.17, 15) is 4.79 Å². The Bertz CT molecular complexity index is 333. The largest absolute Gasteiger partial charge is 0.468 e. The lowest BCUT2D eigenvalue weighted by Crippen LogP contribution is -2.11. The highest BCUT2D eigenvalue weighted by molar-refractivity contribution is 7.99. The molecule has 0 aliphatic heterocycles. The number of hydrogen-bond donors (Lipinski definition) is 2. The van der Waals surface area contributed by atoms with Crippen LogP contribution in [0.15, 0.2) is 18.3 Å². The summed E-state index contributed by atoms with van der Waals surface area (Å²) in [5, 5.41) is 0. The number of aromatic nitrogens is 1. The zero-order chi connectivity index (χ0) is 11.1. The predicted molar refractivity (Wildman–Crippen MR) is 60.2 cm³/mol. The molecular formula is C9H13N3O2S. The van der Waals surface area contributed by atoms with Gasteiger partial charge in [0.25, 0.3) is 0 Å². The molecule has 0 atom stereocenters. The summed E-state index contributed by atoms with van der Waals surface area (Å²) in [5.41, 5.74) is 3.47. The molecule has 82 valence electrons. The van der Waals surface area contributed by atoms with Crippen LogP contribution >= 0.6 is 11.8 Å². The minimum atomic E-state index is -0.230. The maximum absolute atomic E-state index is 10.9. The normalized spacial score (nSPS) is 9.73. The zero-order valence-corrected chi connectivity index (χ0v) is 9.21. The van der Waals surface area contributed by atoms with E-state index in [0.29, 0.717) is 17.3 Å². The first kappa shape index (κ1) is 11.8. The molecule has 0 unspecified atom stereocenters. The van der Waals surface area contributed by atoms with E-state index in [4.69, 9.17) is 5.84 Å². The quantitative estimate of drug-likeness (QED) is 0.439. The number of pyridine rings is 1. The number of nitrogens with one attached hydrogen (secondary N) is 1. The molecule has 0 aromatic carbocycles. The molecule has 0 aliphatic rings. The van der Waals surface area contributed by atoms with E-state index in [1.807, 2.05) is 12.1 Å². The second kappa shape index (κ2) is 6.26. The van der Waals surface area contributed by atoms with Crippen molar-refractivity contribution < 1.29 is 9.53 Å². The van der Waals surface area contributed by atoms with Crippen LogP contribution in [0.1, 0.15) is 5.56 Å². The molecule has 0 bridgehead atoms. The Balaban J connectivity index is 2.46. The fourth-order valence-corrected chi connectivity index (χ4v) is 1.83. The Hall–Kier alpha value is -1.27. The summed E-state index contributed by atoms with van der Waals surface area (Å²) in [5.74, 6) is 6.70. The van der Waals surface area contributed by atoms with Crippen LogP contribution in [0.25, 0.3) is 0 Å². The van der Waals surface area contributed by atoms with Crippen molar-refractivity contribution in [3.63, 3.8) is 0 Å². The number of esters is 1. The van der Waals surface area contributed by atoms with E-state index in [0.717, 1.165) is 5.56 Å². The van der Waals surface area contributed by atoms with Crippen molar-refractivity contribution in [2.24, 2.45) is 5.84 Å². The van der Waals surface area contributed by atoms with Crippen molar-refractivity contribution in [1.82, 2.24) is 4.98 Å². The number of carbonyl (C=O) groups excluding carboxylic acids is 1. The molecule has 15 heavy (non-hydrogen) atoms. The van der Waals surface area contributed by atoms with E-state index >= 15 is 0 Å². The highest BCUT2D eigenvalue weighted by atomic mass is 32.2. The van der Waals surface area contributed by atoms with Gasteiger partial charge in [0.1, 0.15) is 5.82 Å². The van der Waals surface area contributed by atoms with Gasteiger partial charge in [-0.25, -0.2) is 10.8 Å². The molecule has 0 saturated carbocycles. The average Bonchev–Trinajstić information content (AvgIpc) is 2.29. The highest BCUT2D eigenvalue weighted by Gasteiger charge is 2.04. The molecule has 3 N–H and O–H groups in total. The smallest absolute Gasteiger partial charge is 0.315 e. The summed E-state index contributed by atoms with van der Waals surface area (Å²) in [4.78, 5) is 14.9. The van der Waals surface area contributed by atoms with Crippen LogP contribution in [0.4, 0.5) is 5.82 Å². The van der Waals surface area contributed by atoms with Gasteiger partial charge in [0.2, 0.25) is 0 Å². The topological polar surface area (TPSA) is 77.2 Å². The van der Waals surface area contributed by atoms with Gasteiger partial charge in [-0.15, -0.1) is 11.8 Å². The van der Waals surface area contributed by atoms with Crippen LogP contribution in [0, 0.1) is 0 Å². The minimum absolute atomic E-state index is 0.230. The van der Waals surface area contributed by atoms with E-state index in [1.165, 1.54) is 18.9 Å². The molecule has 6 heteroatoms. The van der Waals surface area contributed by atoms with E-state index < -0.39 is 0 Å². The first-order chi connectivity index (χ1) is 7.27. The Morgan fingerprint density at radius 1 is 1.73 bits per heavy atom. The Morgan fingerprint density at radius 3 is 3.20 bits per heavy atom. The van der Waals surface area contributed by atoms with Crippen LogP contribution in [0.3, 0.4) is 0 Å². The molecule has 0 fully saturated rings. The van der Waals surface area contributed by atoms with E-state index in [1.54, 1.807) is 6.20 Å². The summed E-state index contributed by atoms with van der Waals surface area (Å²) in [7, 11) is 1.37. The molecule has 1 rings (SSSR count). The number of nitrogen functional groups attached to an aromatic ring is 1. The Kier molecular flexibility index (Phi) is 4.92. The van der Waals surface area contributed by atoms with Gasteiger partial charge in [-0.05, 0) is 6.07 Å². The third-order valence-corrected chi connectivity index (χ3v) is 2.69.